The van der Waals surface area contributed by atoms with E-state index in [9.17, 15) is 0 Å². The Labute approximate surface area is 128 Å². The number of nitrogens with one attached hydrogen (secondary N) is 1. The monoisotopic (exact) mass is 288 g/mol. The van der Waals surface area contributed by atoms with Gasteiger partial charge in [-0.2, -0.15) is 0 Å². The number of benzene rings is 1. The van der Waals surface area contributed by atoms with Crippen LogP contribution in [0.5, 0.6) is 5.75 Å². The summed E-state index contributed by atoms with van der Waals surface area (Å²) in [6.07, 6.45) is 3.20. The zero-order chi connectivity index (χ0) is 15.2. The number of hydrogen-bond donors (Lipinski definition) is 1. The highest BCUT2D eigenvalue weighted by Crippen LogP contribution is 2.22. The smallest absolute Gasteiger partial charge is 0.120 e. The van der Waals surface area contributed by atoms with E-state index < -0.39 is 0 Å². The summed E-state index contributed by atoms with van der Waals surface area (Å²) in [4.78, 5) is 0. The average Bonchev–Trinajstić information content (AvgIpc) is 2.87. The van der Waals surface area contributed by atoms with Gasteiger partial charge in [0.1, 0.15) is 5.75 Å². The Morgan fingerprint density at radius 2 is 2.00 bits per heavy atom. The predicted octanol–water partition coefficient (Wildman–Crippen LogP) is 4.06. The molecule has 0 aliphatic rings. The van der Waals surface area contributed by atoms with E-state index in [-0.39, 0.29) is 0 Å². The lowest BCUT2D eigenvalue weighted by Crippen LogP contribution is -2.33. The Bertz CT molecular complexity index is 559. The van der Waals surface area contributed by atoms with Gasteiger partial charge in [0.25, 0.3) is 0 Å². The van der Waals surface area contributed by atoms with Crippen LogP contribution in [-0.4, -0.2) is 23.8 Å². The lowest BCUT2D eigenvalue weighted by Gasteiger charge is -2.17. The molecule has 0 saturated carbocycles. The maximum Gasteiger partial charge on any atom is 0.120 e. The van der Waals surface area contributed by atoms with Gasteiger partial charge in [0, 0.05) is 36.2 Å². The molecule has 0 aliphatic carbocycles. The first-order valence-electron chi connectivity index (χ1n) is 8.07. The summed E-state index contributed by atoms with van der Waals surface area (Å²) >= 11 is 0. The molecule has 116 valence electrons. The van der Waals surface area contributed by atoms with Crippen LogP contribution in [0.1, 0.15) is 34.1 Å². The van der Waals surface area contributed by atoms with Gasteiger partial charge in [0.05, 0.1) is 6.61 Å². The zero-order valence-corrected chi connectivity index (χ0v) is 13.7. The van der Waals surface area contributed by atoms with Crippen LogP contribution in [0.2, 0.25) is 0 Å². The molecule has 0 fully saturated rings. The van der Waals surface area contributed by atoms with Gasteiger partial charge in [0.15, 0.2) is 0 Å². The van der Waals surface area contributed by atoms with Crippen LogP contribution in [0.25, 0.3) is 10.9 Å². The second-order valence-corrected chi connectivity index (χ2v) is 6.07. The number of ether oxygens (including phenoxy) is 1. The molecule has 21 heavy (non-hydrogen) atoms. The molecule has 1 aromatic carbocycles. The third-order valence-electron chi connectivity index (χ3n) is 4.03. The highest BCUT2D eigenvalue weighted by atomic mass is 16.5. The van der Waals surface area contributed by atoms with Crippen molar-refractivity contribution in [2.24, 2.45) is 5.92 Å². The molecule has 1 heterocycles. The standard InChI is InChI=1S/C18H28N2O/c1-5-12-21-17-6-7-18-16(13-17)8-10-20(18)11-9-19-15(4)14(2)3/h6-8,10,13-15,19H,5,9,11-12H2,1-4H3. The van der Waals surface area contributed by atoms with Gasteiger partial charge in [-0.15, -0.1) is 0 Å². The lowest BCUT2D eigenvalue weighted by atomic mass is 10.1. The molecule has 3 nitrogen and oxygen atoms in total. The van der Waals surface area contributed by atoms with Crippen molar-refractivity contribution in [2.75, 3.05) is 13.2 Å². The van der Waals surface area contributed by atoms with E-state index in [1.165, 1.54) is 10.9 Å². The van der Waals surface area contributed by atoms with Crippen LogP contribution in [-0.2, 0) is 6.54 Å². The molecule has 1 unspecified atom stereocenters. The first-order valence-corrected chi connectivity index (χ1v) is 8.07. The largest absolute Gasteiger partial charge is 0.494 e. The molecule has 0 aliphatic heterocycles. The Morgan fingerprint density at radius 3 is 2.71 bits per heavy atom. The number of rotatable bonds is 8. The fourth-order valence-corrected chi connectivity index (χ4v) is 2.33. The SMILES string of the molecule is CCCOc1ccc2c(ccn2CCNC(C)C(C)C)c1. The fraction of sp³-hybridized carbons (Fsp3) is 0.556. The molecule has 0 radical (unpaired) electrons. The maximum absolute atomic E-state index is 5.69. The topological polar surface area (TPSA) is 26.2 Å². The van der Waals surface area contributed by atoms with E-state index >= 15 is 0 Å². The highest BCUT2D eigenvalue weighted by Gasteiger charge is 2.06. The van der Waals surface area contributed by atoms with Crippen LogP contribution in [0.4, 0.5) is 0 Å². The molecule has 0 saturated heterocycles. The minimum atomic E-state index is 0.556. The second kappa shape index (κ2) is 7.51. The fourth-order valence-electron chi connectivity index (χ4n) is 2.33. The Hall–Kier alpha value is -1.48. The van der Waals surface area contributed by atoms with E-state index in [4.69, 9.17) is 4.74 Å². The minimum absolute atomic E-state index is 0.556. The van der Waals surface area contributed by atoms with Crippen LogP contribution in [0.3, 0.4) is 0 Å². The molecule has 1 atom stereocenters. The zero-order valence-electron chi connectivity index (χ0n) is 13.7. The maximum atomic E-state index is 5.69. The molecule has 0 amide bonds. The van der Waals surface area contributed by atoms with Gasteiger partial charge in [0.2, 0.25) is 0 Å². The van der Waals surface area contributed by atoms with Crippen LogP contribution in [0, 0.1) is 5.92 Å². The first kappa shape index (κ1) is 15.9. The Balaban J connectivity index is 1.98. The third kappa shape index (κ3) is 4.24. The normalized spacial score (nSPS) is 13.0. The van der Waals surface area contributed by atoms with E-state index in [0.29, 0.717) is 12.0 Å². The van der Waals surface area contributed by atoms with E-state index in [1.54, 1.807) is 0 Å². The average molecular weight is 288 g/mol. The van der Waals surface area contributed by atoms with Crippen molar-refractivity contribution in [1.82, 2.24) is 9.88 Å². The van der Waals surface area contributed by atoms with Gasteiger partial charge in [-0.05, 0) is 43.5 Å². The van der Waals surface area contributed by atoms with Gasteiger partial charge < -0.3 is 14.6 Å². The van der Waals surface area contributed by atoms with Crippen molar-refractivity contribution in [2.45, 2.75) is 46.7 Å². The van der Waals surface area contributed by atoms with Crippen LogP contribution >= 0.6 is 0 Å². The molecular formula is C18H28N2O. The molecule has 2 rings (SSSR count). The Morgan fingerprint density at radius 1 is 1.19 bits per heavy atom. The van der Waals surface area contributed by atoms with Crippen molar-refractivity contribution in [3.8, 4) is 5.75 Å². The number of nitrogens with zero attached hydrogens (tertiary/aromatic N) is 1. The highest BCUT2D eigenvalue weighted by molar-refractivity contribution is 5.81. The molecule has 0 spiro atoms. The summed E-state index contributed by atoms with van der Waals surface area (Å²) < 4.78 is 7.99. The first-order chi connectivity index (χ1) is 10.1. The number of hydrogen-bond acceptors (Lipinski definition) is 2. The van der Waals surface area contributed by atoms with Gasteiger partial charge in [-0.25, -0.2) is 0 Å². The van der Waals surface area contributed by atoms with Crippen LogP contribution < -0.4 is 10.1 Å². The summed E-state index contributed by atoms with van der Waals surface area (Å²) in [7, 11) is 0. The van der Waals surface area contributed by atoms with E-state index in [0.717, 1.165) is 31.9 Å². The van der Waals surface area contributed by atoms with Gasteiger partial charge in [-0.1, -0.05) is 20.8 Å². The predicted molar refractivity (Wildman–Crippen MR) is 90.0 cm³/mol. The number of aromatic nitrogens is 1. The van der Waals surface area contributed by atoms with Gasteiger partial charge in [-0.3, -0.25) is 0 Å². The second-order valence-electron chi connectivity index (χ2n) is 6.07. The Kier molecular flexibility index (Phi) is 5.68. The van der Waals surface area contributed by atoms with Gasteiger partial charge >= 0.3 is 0 Å². The lowest BCUT2D eigenvalue weighted by molar-refractivity contribution is 0.318. The molecule has 1 N–H and O–H groups in total. The third-order valence-corrected chi connectivity index (χ3v) is 4.03. The molecule has 1 aromatic heterocycles. The molecule has 0 bridgehead atoms. The summed E-state index contributed by atoms with van der Waals surface area (Å²) in [6, 6.07) is 9.08. The molecule has 3 heteroatoms. The quantitative estimate of drug-likeness (QED) is 0.792. The minimum Gasteiger partial charge on any atom is -0.494 e. The van der Waals surface area contributed by atoms with Crippen molar-refractivity contribution in [1.29, 1.82) is 0 Å². The van der Waals surface area contributed by atoms with E-state index in [1.807, 2.05) is 0 Å². The molecule has 2 aromatic rings. The van der Waals surface area contributed by atoms with Crippen molar-refractivity contribution < 1.29 is 4.74 Å². The van der Waals surface area contributed by atoms with Crippen molar-refractivity contribution in [3.05, 3.63) is 30.5 Å². The van der Waals surface area contributed by atoms with E-state index in [2.05, 4.69) is 68.0 Å². The summed E-state index contributed by atoms with van der Waals surface area (Å²) in [6.45, 7) is 11.6. The van der Waals surface area contributed by atoms with Crippen molar-refractivity contribution >= 4 is 10.9 Å². The summed E-state index contributed by atoms with van der Waals surface area (Å²) in [5.74, 6) is 1.64. The number of fused-ring (bicyclic) bond motifs is 1. The summed E-state index contributed by atoms with van der Waals surface area (Å²) in [5, 5.41) is 4.83. The van der Waals surface area contributed by atoms with Crippen molar-refractivity contribution in [3.63, 3.8) is 0 Å². The van der Waals surface area contributed by atoms with Crippen LogP contribution in [0.15, 0.2) is 30.5 Å². The summed E-state index contributed by atoms with van der Waals surface area (Å²) in [5.41, 5.74) is 1.28. The molecular weight excluding hydrogens is 260 g/mol.